The van der Waals surface area contributed by atoms with Crippen LogP contribution in [0.2, 0.25) is 0 Å². The minimum absolute atomic E-state index is 0.0347. The molecule has 6 heteroatoms. The zero-order valence-electron chi connectivity index (χ0n) is 12.4. The zero-order valence-corrected chi connectivity index (χ0v) is 12.4. The maximum atomic E-state index is 12.8. The quantitative estimate of drug-likeness (QED) is 0.812. The molecule has 0 aliphatic carbocycles. The molecule has 0 radical (unpaired) electrons. The molecule has 1 aromatic rings. The van der Waals surface area contributed by atoms with Crippen molar-refractivity contribution >= 4 is 11.6 Å². The van der Waals surface area contributed by atoms with E-state index >= 15 is 0 Å². The van der Waals surface area contributed by atoms with Crippen LogP contribution in [0.4, 0.5) is 18.9 Å². The van der Waals surface area contributed by atoms with Crippen LogP contribution in [0.25, 0.3) is 0 Å². The standard InChI is InChI=1S/C15H21F3N2O/c1-4-9(2)7-10(3)20-14(21)11-5-6-13(19)12(8-11)15(16,17)18/h5-6,8-10H,4,7,19H2,1-3H3,(H,20,21). The summed E-state index contributed by atoms with van der Waals surface area (Å²) in [4.78, 5) is 12.0. The third-order valence-corrected chi connectivity index (χ3v) is 3.45. The summed E-state index contributed by atoms with van der Waals surface area (Å²) in [5, 5.41) is 2.71. The van der Waals surface area contributed by atoms with Crippen molar-refractivity contribution in [2.75, 3.05) is 5.73 Å². The summed E-state index contributed by atoms with van der Waals surface area (Å²) in [5.74, 6) is -0.0752. The summed E-state index contributed by atoms with van der Waals surface area (Å²) in [5.41, 5.74) is 3.91. The topological polar surface area (TPSA) is 55.1 Å². The second kappa shape index (κ2) is 6.83. The third kappa shape index (κ3) is 4.95. The molecule has 0 bridgehead atoms. The Morgan fingerprint density at radius 1 is 1.33 bits per heavy atom. The highest BCUT2D eigenvalue weighted by molar-refractivity contribution is 5.95. The van der Waals surface area contributed by atoms with E-state index in [0.29, 0.717) is 5.92 Å². The Hall–Kier alpha value is -1.72. The van der Waals surface area contributed by atoms with Crippen molar-refractivity contribution < 1.29 is 18.0 Å². The number of benzene rings is 1. The predicted octanol–water partition coefficient (Wildman–Crippen LogP) is 3.84. The van der Waals surface area contributed by atoms with E-state index in [9.17, 15) is 18.0 Å². The molecule has 3 N–H and O–H groups in total. The maximum absolute atomic E-state index is 12.8. The molecule has 0 fully saturated rings. The van der Waals surface area contributed by atoms with E-state index in [1.54, 1.807) is 0 Å². The number of nitrogens with one attached hydrogen (secondary N) is 1. The molecule has 0 saturated heterocycles. The second-order valence-corrected chi connectivity index (χ2v) is 5.42. The van der Waals surface area contributed by atoms with Crippen molar-refractivity contribution in [1.82, 2.24) is 5.32 Å². The molecule has 0 spiro atoms. The maximum Gasteiger partial charge on any atom is 0.418 e. The third-order valence-electron chi connectivity index (χ3n) is 3.45. The van der Waals surface area contributed by atoms with Gasteiger partial charge < -0.3 is 11.1 Å². The van der Waals surface area contributed by atoms with Crippen LogP contribution < -0.4 is 11.1 Å². The van der Waals surface area contributed by atoms with Gasteiger partial charge in [-0.05, 0) is 37.5 Å². The highest BCUT2D eigenvalue weighted by atomic mass is 19.4. The molecular formula is C15H21F3N2O. The molecule has 1 rings (SSSR count). The smallest absolute Gasteiger partial charge is 0.398 e. The van der Waals surface area contributed by atoms with Gasteiger partial charge in [-0.1, -0.05) is 20.3 Å². The monoisotopic (exact) mass is 302 g/mol. The van der Waals surface area contributed by atoms with Crippen molar-refractivity contribution in [3.05, 3.63) is 29.3 Å². The first-order chi connectivity index (χ1) is 9.65. The minimum atomic E-state index is -4.57. The van der Waals surface area contributed by atoms with E-state index < -0.39 is 17.6 Å². The van der Waals surface area contributed by atoms with Gasteiger partial charge in [0.25, 0.3) is 5.91 Å². The van der Waals surface area contributed by atoms with Crippen molar-refractivity contribution in [2.24, 2.45) is 5.92 Å². The molecule has 118 valence electrons. The fourth-order valence-corrected chi connectivity index (χ4v) is 2.08. The first-order valence-electron chi connectivity index (χ1n) is 6.92. The molecule has 0 aromatic heterocycles. The van der Waals surface area contributed by atoms with Crippen LogP contribution in [-0.4, -0.2) is 11.9 Å². The van der Waals surface area contributed by atoms with Crippen LogP contribution in [0.1, 0.15) is 49.5 Å². The largest absolute Gasteiger partial charge is 0.418 e. The van der Waals surface area contributed by atoms with Gasteiger partial charge in [-0.2, -0.15) is 13.2 Å². The Morgan fingerprint density at radius 3 is 2.48 bits per heavy atom. The van der Waals surface area contributed by atoms with Crippen molar-refractivity contribution in [3.8, 4) is 0 Å². The van der Waals surface area contributed by atoms with Gasteiger partial charge in [0.1, 0.15) is 0 Å². The molecule has 21 heavy (non-hydrogen) atoms. The summed E-state index contributed by atoms with van der Waals surface area (Å²) in [6, 6.07) is 3.10. The molecular weight excluding hydrogens is 281 g/mol. The van der Waals surface area contributed by atoms with Crippen LogP contribution in [-0.2, 0) is 6.18 Å². The molecule has 0 saturated carbocycles. The zero-order chi connectivity index (χ0) is 16.2. The van der Waals surface area contributed by atoms with Gasteiger partial charge >= 0.3 is 6.18 Å². The first kappa shape index (κ1) is 17.3. The van der Waals surface area contributed by atoms with Crippen LogP contribution in [0.15, 0.2) is 18.2 Å². The predicted molar refractivity (Wildman–Crippen MR) is 76.9 cm³/mol. The number of halogens is 3. The van der Waals surface area contributed by atoms with Crippen molar-refractivity contribution in [1.29, 1.82) is 0 Å². The summed E-state index contributed by atoms with van der Waals surface area (Å²) in [6.07, 6.45) is -2.80. The first-order valence-corrected chi connectivity index (χ1v) is 6.92. The van der Waals surface area contributed by atoms with Gasteiger partial charge in [0.15, 0.2) is 0 Å². The molecule has 0 heterocycles. The molecule has 1 aromatic carbocycles. The van der Waals surface area contributed by atoms with E-state index in [-0.39, 0.29) is 17.3 Å². The summed E-state index contributed by atoms with van der Waals surface area (Å²) < 4.78 is 38.3. The molecule has 3 nitrogen and oxygen atoms in total. The van der Waals surface area contributed by atoms with Gasteiger partial charge in [-0.25, -0.2) is 0 Å². The Labute approximate surface area is 122 Å². The number of nitrogen functional groups attached to an aromatic ring is 1. The van der Waals surface area contributed by atoms with E-state index in [0.717, 1.165) is 25.0 Å². The number of hydrogen-bond acceptors (Lipinski definition) is 2. The lowest BCUT2D eigenvalue weighted by Gasteiger charge is -2.18. The lowest BCUT2D eigenvalue weighted by molar-refractivity contribution is -0.136. The van der Waals surface area contributed by atoms with Crippen LogP contribution in [0.3, 0.4) is 0 Å². The van der Waals surface area contributed by atoms with Gasteiger partial charge in [0.2, 0.25) is 0 Å². The fraction of sp³-hybridized carbons (Fsp3) is 0.533. The van der Waals surface area contributed by atoms with Crippen molar-refractivity contribution in [2.45, 2.75) is 45.8 Å². The molecule has 0 aliphatic heterocycles. The van der Waals surface area contributed by atoms with Gasteiger partial charge in [0.05, 0.1) is 5.56 Å². The van der Waals surface area contributed by atoms with Gasteiger partial charge in [-0.15, -0.1) is 0 Å². The number of alkyl halides is 3. The Balaban J connectivity index is 2.84. The highest BCUT2D eigenvalue weighted by Gasteiger charge is 2.33. The average Bonchev–Trinajstić information content (AvgIpc) is 2.37. The number of nitrogens with two attached hydrogens (primary N) is 1. The Morgan fingerprint density at radius 2 is 1.95 bits per heavy atom. The van der Waals surface area contributed by atoms with E-state index in [4.69, 9.17) is 5.73 Å². The van der Waals surface area contributed by atoms with Crippen LogP contribution in [0, 0.1) is 5.92 Å². The Bertz CT molecular complexity index is 500. The summed E-state index contributed by atoms with van der Waals surface area (Å²) >= 11 is 0. The minimum Gasteiger partial charge on any atom is -0.398 e. The van der Waals surface area contributed by atoms with Crippen LogP contribution in [0.5, 0.6) is 0 Å². The SMILES string of the molecule is CCC(C)CC(C)NC(=O)c1ccc(N)c(C(F)(F)F)c1. The van der Waals surface area contributed by atoms with E-state index in [1.807, 2.05) is 6.92 Å². The van der Waals surface area contributed by atoms with Gasteiger partial charge in [-0.3, -0.25) is 4.79 Å². The summed E-state index contributed by atoms with van der Waals surface area (Å²) in [7, 11) is 0. The van der Waals surface area contributed by atoms with Crippen LogP contribution >= 0.6 is 0 Å². The Kier molecular flexibility index (Phi) is 5.63. The van der Waals surface area contributed by atoms with E-state index in [2.05, 4.69) is 19.2 Å². The fourth-order valence-electron chi connectivity index (χ4n) is 2.08. The second-order valence-electron chi connectivity index (χ2n) is 5.42. The molecule has 2 atom stereocenters. The van der Waals surface area contributed by atoms with Gasteiger partial charge in [0, 0.05) is 17.3 Å². The van der Waals surface area contributed by atoms with Crippen molar-refractivity contribution in [3.63, 3.8) is 0 Å². The lowest BCUT2D eigenvalue weighted by atomic mass is 10.00. The molecule has 2 unspecified atom stereocenters. The summed E-state index contributed by atoms with van der Waals surface area (Å²) in [6.45, 7) is 5.95. The lowest BCUT2D eigenvalue weighted by Crippen LogP contribution is -2.33. The number of carbonyl (C=O) groups excluding carboxylic acids is 1. The normalized spacial score (nSPS) is 14.6. The number of hydrogen-bond donors (Lipinski definition) is 2. The van der Waals surface area contributed by atoms with E-state index in [1.165, 1.54) is 6.07 Å². The number of amides is 1. The molecule has 1 amide bonds. The highest BCUT2D eigenvalue weighted by Crippen LogP contribution is 2.34. The molecule has 0 aliphatic rings. The average molecular weight is 302 g/mol. The number of carbonyl (C=O) groups is 1. The number of rotatable bonds is 5. The number of anilines is 1.